The maximum atomic E-state index is 10.8. The van der Waals surface area contributed by atoms with Gasteiger partial charge in [0.25, 0.3) is 0 Å². The van der Waals surface area contributed by atoms with Crippen LogP contribution in [0.2, 0.25) is 0 Å². The smallest absolute Gasteiger partial charge is 0.400 e. The maximum absolute atomic E-state index is 10.8. The number of hydrogen-bond acceptors (Lipinski definition) is 5. The molecule has 0 aliphatic carbocycles. The summed E-state index contributed by atoms with van der Waals surface area (Å²) in [5.74, 6) is 0.818. The Hall–Kier alpha value is -0.380. The molecule has 118 valence electrons. The van der Waals surface area contributed by atoms with Gasteiger partial charge in [0.2, 0.25) is 10.3 Å². The van der Waals surface area contributed by atoms with Crippen LogP contribution >= 0.6 is 0 Å². The molecule has 0 aromatic heterocycles. The number of benzene rings is 1. The van der Waals surface area contributed by atoms with Crippen molar-refractivity contribution in [2.24, 2.45) is 0 Å². The van der Waals surface area contributed by atoms with Gasteiger partial charge in [0.05, 0.1) is 0 Å². The van der Waals surface area contributed by atoms with E-state index in [0.717, 1.165) is 27.9 Å². The molecule has 0 amide bonds. The fourth-order valence-corrected chi connectivity index (χ4v) is 2.65. The van der Waals surface area contributed by atoms with Crippen molar-refractivity contribution in [3.05, 3.63) is 35.1 Å². The summed E-state index contributed by atoms with van der Waals surface area (Å²) in [5.41, 5.74) is 2.48. The summed E-state index contributed by atoms with van der Waals surface area (Å²) >= 11 is 0. The summed E-state index contributed by atoms with van der Waals surface area (Å²) < 4.78 is 51.9. The fraction of sp³-hybridized carbons (Fsp3) is 0.385. The number of hydrogen-bond donors (Lipinski definition) is 1. The molecule has 1 aromatic carbocycles. The van der Waals surface area contributed by atoms with Crippen LogP contribution in [0.25, 0.3) is 0 Å². The predicted octanol–water partition coefficient (Wildman–Crippen LogP) is -1.90. The van der Waals surface area contributed by atoms with Crippen molar-refractivity contribution in [3.63, 3.8) is 0 Å². The summed E-state index contributed by atoms with van der Waals surface area (Å²) in [6, 6.07) is 5.48. The summed E-state index contributed by atoms with van der Waals surface area (Å²) in [6.07, 6.45) is 0.237. The second-order valence-electron chi connectivity index (χ2n) is 4.42. The molecule has 9 heteroatoms. The molecule has 1 N–H and O–H groups in total. The van der Waals surface area contributed by atoms with Crippen LogP contribution in [0.4, 0.5) is 5.69 Å². The van der Waals surface area contributed by atoms with Gasteiger partial charge in [-0.05, 0) is 31.0 Å². The van der Waals surface area contributed by atoms with Gasteiger partial charge in [-0.1, -0.05) is 18.7 Å². The van der Waals surface area contributed by atoms with Gasteiger partial charge in [0.1, 0.15) is 10.1 Å². The van der Waals surface area contributed by atoms with Crippen LogP contribution in [0.5, 0.6) is 0 Å². The Balaban J connectivity index is 0.00000441. The number of aryl methyl sites for hydroxylation is 1. The maximum Gasteiger partial charge on any atom is 1.00 e. The van der Waals surface area contributed by atoms with Gasteiger partial charge >= 0.3 is 29.6 Å². The van der Waals surface area contributed by atoms with Gasteiger partial charge in [-0.25, -0.2) is 8.42 Å². The second-order valence-corrected chi connectivity index (χ2v) is 6.64. The molecule has 1 rings (SSSR count). The first kappa shape index (κ1) is 21.6. The third kappa shape index (κ3) is 7.26. The van der Waals surface area contributed by atoms with E-state index < -0.39 is 20.4 Å². The number of rotatable bonds is 7. The van der Waals surface area contributed by atoms with E-state index in [1.54, 1.807) is 11.0 Å². The van der Waals surface area contributed by atoms with Gasteiger partial charge < -0.3 is 9.45 Å². The minimum absolute atomic E-state index is 0. The van der Waals surface area contributed by atoms with Crippen LogP contribution in [0.3, 0.4) is 0 Å². The van der Waals surface area contributed by atoms with Crippen molar-refractivity contribution in [3.8, 4) is 0 Å². The van der Waals surface area contributed by atoms with E-state index in [-0.39, 0.29) is 42.5 Å². The van der Waals surface area contributed by atoms with Gasteiger partial charge in [-0.15, -0.1) is 0 Å². The summed E-state index contributed by atoms with van der Waals surface area (Å²) in [5, 5.41) is 1.16. The predicted molar refractivity (Wildman–Crippen MR) is 83.6 cm³/mol. The Morgan fingerprint density at radius 3 is 2.50 bits per heavy atom. The molecule has 0 aliphatic rings. The Labute approximate surface area is 155 Å². The first-order valence-corrected chi connectivity index (χ1v) is 8.94. The van der Waals surface area contributed by atoms with Gasteiger partial charge in [-0.2, -0.15) is 14.2 Å². The topological polar surface area (TPSA) is 91.8 Å². The Morgan fingerprint density at radius 1 is 1.36 bits per heavy atom. The summed E-state index contributed by atoms with van der Waals surface area (Å²) in [7, 11) is -6.41. The van der Waals surface area contributed by atoms with Gasteiger partial charge in [0.15, 0.2) is 0 Å². The molecule has 6 nitrogen and oxygen atoms in total. The van der Waals surface area contributed by atoms with E-state index in [1.165, 1.54) is 0 Å². The molecule has 0 saturated heterocycles. The largest absolute Gasteiger partial charge is 1.00 e. The van der Waals surface area contributed by atoms with Crippen LogP contribution in [0.1, 0.15) is 18.1 Å². The van der Waals surface area contributed by atoms with Crippen molar-refractivity contribution >= 4 is 31.5 Å². The normalized spacial score (nSPS) is 10.7. The van der Waals surface area contributed by atoms with Crippen molar-refractivity contribution in [1.82, 2.24) is 0 Å². The van der Waals surface area contributed by atoms with E-state index in [2.05, 4.69) is 0 Å². The van der Waals surface area contributed by atoms with E-state index in [0.29, 0.717) is 6.54 Å². The molecule has 0 heterocycles. The average molecular weight is 355 g/mol. The minimum Gasteiger partial charge on any atom is -0.400 e. The molecular formula is C13H18NNaO5S2. The standard InChI is InChI=1S/C13H18NO5S2.Na/c1-3-14(8-10-21(17,18)19)13-6-4-5-11(2)12(13)7-9-20(15)16;/h4-6,9-10H,3,7-8H2,1-2H3,(H,17,18,19);/q-1;+1. The van der Waals surface area contributed by atoms with Crippen LogP contribution in [0.15, 0.2) is 18.2 Å². The minimum atomic E-state index is -4.16. The summed E-state index contributed by atoms with van der Waals surface area (Å²) in [4.78, 5) is 1.75. The molecule has 22 heavy (non-hydrogen) atoms. The van der Waals surface area contributed by atoms with Crippen LogP contribution < -0.4 is 34.5 Å². The Morgan fingerprint density at radius 2 is 2.00 bits per heavy atom. The van der Waals surface area contributed by atoms with Crippen molar-refractivity contribution < 1.29 is 50.9 Å². The zero-order valence-corrected chi connectivity index (χ0v) is 16.5. The van der Waals surface area contributed by atoms with Gasteiger partial charge in [-0.3, -0.25) is 0 Å². The van der Waals surface area contributed by atoms with Crippen molar-refractivity contribution in [1.29, 1.82) is 0 Å². The zero-order chi connectivity index (χ0) is 16.0. The first-order chi connectivity index (χ1) is 9.74. The molecule has 0 unspecified atom stereocenters. The molecule has 0 fully saturated rings. The Kier molecular flexibility index (Phi) is 9.52. The average Bonchev–Trinajstić information content (AvgIpc) is 2.37. The van der Waals surface area contributed by atoms with Crippen LogP contribution in [0, 0.1) is 12.7 Å². The monoisotopic (exact) mass is 355 g/mol. The van der Waals surface area contributed by atoms with Gasteiger partial charge in [0, 0.05) is 24.0 Å². The van der Waals surface area contributed by atoms with E-state index in [4.69, 9.17) is 4.55 Å². The molecule has 0 radical (unpaired) electrons. The van der Waals surface area contributed by atoms with E-state index >= 15 is 0 Å². The third-order valence-electron chi connectivity index (χ3n) is 3.04. The number of anilines is 1. The second kappa shape index (κ2) is 9.69. The van der Waals surface area contributed by atoms with Crippen LogP contribution in [-0.2, 0) is 26.8 Å². The first-order valence-electron chi connectivity index (χ1n) is 6.30. The molecule has 0 saturated carbocycles. The molecule has 0 spiro atoms. The molecule has 1 aromatic rings. The molecule has 0 bridgehead atoms. The SMILES string of the molecule is CCN(C[CH-]S(=O)(=O)O)c1cccc(C)c1CC=S(=O)=O.[Na+]. The molecular weight excluding hydrogens is 337 g/mol. The molecule has 0 atom stereocenters. The number of nitrogens with zero attached hydrogens (tertiary/aromatic N) is 1. The van der Waals surface area contributed by atoms with E-state index in [9.17, 15) is 16.8 Å². The van der Waals surface area contributed by atoms with E-state index in [1.807, 2.05) is 26.0 Å². The third-order valence-corrected chi connectivity index (χ3v) is 4.05. The van der Waals surface area contributed by atoms with Crippen molar-refractivity contribution in [2.75, 3.05) is 18.0 Å². The van der Waals surface area contributed by atoms with Crippen molar-refractivity contribution in [2.45, 2.75) is 20.3 Å². The molecule has 0 aliphatic heterocycles. The quantitative estimate of drug-likeness (QED) is 0.266. The summed E-state index contributed by atoms with van der Waals surface area (Å²) in [6.45, 7) is 4.25. The van der Waals surface area contributed by atoms with Crippen LogP contribution in [-0.4, -0.2) is 39.8 Å². The fourth-order valence-electron chi connectivity index (χ4n) is 1.98. The zero-order valence-electron chi connectivity index (χ0n) is 12.9. The Bertz CT molecular complexity index is 721.